The molecule has 1 aliphatic carbocycles. The first-order valence-corrected chi connectivity index (χ1v) is 12.6. The molecule has 39 heavy (non-hydrogen) atoms. The number of fused-ring (bicyclic) bond motifs is 3. The number of aromatic nitrogens is 1. The summed E-state index contributed by atoms with van der Waals surface area (Å²) in [7, 11) is 4.61. The predicted molar refractivity (Wildman–Crippen MR) is 138 cm³/mol. The molecule has 1 saturated heterocycles. The Labute approximate surface area is 229 Å². The predicted octanol–water partition coefficient (Wildman–Crippen LogP) is 3.90. The number of rotatable bonds is 6. The number of nitrogens with one attached hydrogen (secondary N) is 1. The van der Waals surface area contributed by atoms with Gasteiger partial charge in [-0.1, -0.05) is 11.6 Å². The number of ether oxygens (including phenoxy) is 6. The summed E-state index contributed by atoms with van der Waals surface area (Å²) in [5, 5.41) is 3.17. The molecule has 1 N–H and O–H groups in total. The van der Waals surface area contributed by atoms with E-state index in [0.717, 1.165) is 16.7 Å². The van der Waals surface area contributed by atoms with E-state index in [-0.39, 0.29) is 36.0 Å². The molecule has 2 aromatic carbocycles. The Morgan fingerprint density at radius 1 is 1.00 bits per heavy atom. The van der Waals surface area contributed by atoms with Gasteiger partial charge in [0.1, 0.15) is 5.15 Å². The van der Waals surface area contributed by atoms with Crippen LogP contribution in [0.1, 0.15) is 39.0 Å². The summed E-state index contributed by atoms with van der Waals surface area (Å²) in [6, 6.07) is 10.0. The molecule has 10 nitrogen and oxygen atoms in total. The van der Waals surface area contributed by atoms with Crippen LogP contribution in [0.5, 0.6) is 28.7 Å². The van der Waals surface area contributed by atoms with Crippen molar-refractivity contribution in [2.45, 2.75) is 12.0 Å². The number of hydrogen-bond donors (Lipinski definition) is 1. The molecule has 202 valence electrons. The first-order chi connectivity index (χ1) is 18.9. The highest BCUT2D eigenvalue weighted by Crippen LogP contribution is 2.55. The largest absolute Gasteiger partial charge is 0.493 e. The molecular formula is C28H25ClN2O8. The van der Waals surface area contributed by atoms with E-state index in [1.54, 1.807) is 12.1 Å². The summed E-state index contributed by atoms with van der Waals surface area (Å²) in [5.74, 6) is 0.234. The van der Waals surface area contributed by atoms with Crippen LogP contribution in [0.15, 0.2) is 42.6 Å². The van der Waals surface area contributed by atoms with E-state index in [0.29, 0.717) is 28.7 Å². The fraction of sp³-hybridized carbons (Fsp3) is 0.321. The van der Waals surface area contributed by atoms with Gasteiger partial charge in [0.15, 0.2) is 23.0 Å². The Morgan fingerprint density at radius 2 is 1.69 bits per heavy atom. The maximum absolute atomic E-state index is 13.4. The molecule has 0 radical (unpaired) electrons. The number of hydrogen-bond acceptors (Lipinski definition) is 9. The van der Waals surface area contributed by atoms with Crippen molar-refractivity contribution >= 4 is 23.5 Å². The van der Waals surface area contributed by atoms with Gasteiger partial charge < -0.3 is 33.7 Å². The molecule has 0 bridgehead atoms. The normalized spacial score (nSPS) is 22.4. The smallest absolute Gasteiger partial charge is 0.310 e. The standard InChI is InChI=1S/C28H25ClN2O8/c1-34-20-7-13(8-21(35-2)25(20)36-3)22-15-9-18-19(39-12-38-18)10-16(15)24(17-11-37-28(33)23(17)22)31-27(32)14-5-4-6-30-26(14)29/h4-10,17,22-24H,11-12H2,1-3H3,(H,31,32)/t17-,22+,23-,24+/m0/s1. The van der Waals surface area contributed by atoms with Gasteiger partial charge in [-0.25, -0.2) is 4.98 Å². The van der Waals surface area contributed by atoms with Crippen LogP contribution in [-0.4, -0.2) is 51.6 Å². The summed E-state index contributed by atoms with van der Waals surface area (Å²) in [6.07, 6.45) is 1.51. The van der Waals surface area contributed by atoms with Gasteiger partial charge in [0.25, 0.3) is 5.91 Å². The summed E-state index contributed by atoms with van der Waals surface area (Å²) in [4.78, 5) is 30.7. The molecule has 0 saturated carbocycles. The molecule has 1 fully saturated rings. The quantitative estimate of drug-likeness (QED) is 0.359. The van der Waals surface area contributed by atoms with E-state index < -0.39 is 23.8 Å². The van der Waals surface area contributed by atoms with Crippen LogP contribution in [0, 0.1) is 11.8 Å². The summed E-state index contributed by atoms with van der Waals surface area (Å²) in [5.41, 5.74) is 2.57. The summed E-state index contributed by atoms with van der Waals surface area (Å²) < 4.78 is 33.7. The number of cyclic esters (lactones) is 1. The zero-order chi connectivity index (χ0) is 27.3. The number of pyridine rings is 1. The number of benzene rings is 2. The Hall–Kier alpha value is -4.18. The fourth-order valence-corrected chi connectivity index (χ4v) is 6.01. The van der Waals surface area contributed by atoms with Gasteiger partial charge in [0.05, 0.1) is 45.5 Å². The minimum atomic E-state index is -0.615. The topological polar surface area (TPSA) is 114 Å². The molecular weight excluding hydrogens is 528 g/mol. The van der Waals surface area contributed by atoms with Gasteiger partial charge in [0.2, 0.25) is 12.5 Å². The van der Waals surface area contributed by atoms with Crippen molar-refractivity contribution in [3.8, 4) is 28.7 Å². The van der Waals surface area contributed by atoms with Crippen LogP contribution in [0.3, 0.4) is 0 Å². The molecule has 3 heterocycles. The third kappa shape index (κ3) is 4.06. The van der Waals surface area contributed by atoms with Crippen molar-refractivity contribution in [1.82, 2.24) is 10.3 Å². The average Bonchev–Trinajstić information content (AvgIpc) is 3.57. The maximum atomic E-state index is 13.4. The second kappa shape index (κ2) is 9.85. The SMILES string of the molecule is COc1cc([C@@H]2c3cc4c(cc3[C@@H](NC(=O)c3cccnc3Cl)[C@H]3COC(=O)[C@H]23)OCO4)cc(OC)c1OC. The van der Waals surface area contributed by atoms with Crippen molar-refractivity contribution in [3.05, 3.63) is 70.0 Å². The van der Waals surface area contributed by atoms with E-state index in [4.69, 9.17) is 40.0 Å². The van der Waals surface area contributed by atoms with Crippen LogP contribution >= 0.6 is 11.6 Å². The van der Waals surface area contributed by atoms with E-state index in [2.05, 4.69) is 10.3 Å². The molecule has 4 atom stereocenters. The zero-order valence-electron chi connectivity index (χ0n) is 21.4. The molecule has 3 aromatic rings. The summed E-state index contributed by atoms with van der Waals surface area (Å²) >= 11 is 6.21. The highest BCUT2D eigenvalue weighted by molar-refractivity contribution is 6.32. The molecule has 6 rings (SSSR count). The second-order valence-corrected chi connectivity index (χ2v) is 9.74. The monoisotopic (exact) mass is 552 g/mol. The number of esters is 1. The fourth-order valence-electron chi connectivity index (χ4n) is 5.80. The molecule has 0 spiro atoms. The molecule has 2 aliphatic heterocycles. The van der Waals surface area contributed by atoms with Crippen molar-refractivity contribution in [1.29, 1.82) is 0 Å². The Balaban J connectivity index is 1.53. The molecule has 0 unspecified atom stereocenters. The van der Waals surface area contributed by atoms with Gasteiger partial charge >= 0.3 is 5.97 Å². The third-order valence-electron chi connectivity index (χ3n) is 7.52. The van der Waals surface area contributed by atoms with Crippen molar-refractivity contribution in [2.75, 3.05) is 34.7 Å². The number of halogens is 1. The van der Waals surface area contributed by atoms with Crippen molar-refractivity contribution < 1.29 is 38.0 Å². The summed E-state index contributed by atoms with van der Waals surface area (Å²) in [6.45, 7) is 0.203. The first kappa shape index (κ1) is 25.1. The van der Waals surface area contributed by atoms with Gasteiger partial charge in [-0.2, -0.15) is 0 Å². The lowest BCUT2D eigenvalue weighted by Crippen LogP contribution is -2.43. The van der Waals surface area contributed by atoms with E-state index >= 15 is 0 Å². The van der Waals surface area contributed by atoms with Crippen molar-refractivity contribution in [2.24, 2.45) is 11.8 Å². The first-order valence-electron chi connectivity index (χ1n) is 12.3. The molecule has 1 amide bonds. The van der Waals surface area contributed by atoms with Gasteiger partial charge in [-0.15, -0.1) is 0 Å². The Morgan fingerprint density at radius 3 is 2.33 bits per heavy atom. The van der Waals surface area contributed by atoms with Gasteiger partial charge in [-0.05, 0) is 53.1 Å². The minimum absolute atomic E-state index is 0.0737. The third-order valence-corrected chi connectivity index (χ3v) is 7.82. The highest BCUT2D eigenvalue weighted by atomic mass is 35.5. The zero-order valence-corrected chi connectivity index (χ0v) is 22.1. The minimum Gasteiger partial charge on any atom is -0.493 e. The molecule has 11 heteroatoms. The average molecular weight is 553 g/mol. The Bertz CT molecular complexity index is 1450. The number of methoxy groups -OCH3 is 3. The van der Waals surface area contributed by atoms with Crippen LogP contribution in [0.2, 0.25) is 5.15 Å². The van der Waals surface area contributed by atoms with Crippen LogP contribution < -0.4 is 29.0 Å². The number of nitrogens with zero attached hydrogens (tertiary/aromatic N) is 1. The van der Waals surface area contributed by atoms with E-state index in [1.165, 1.54) is 27.5 Å². The van der Waals surface area contributed by atoms with Crippen molar-refractivity contribution in [3.63, 3.8) is 0 Å². The maximum Gasteiger partial charge on any atom is 0.310 e. The lowest BCUT2D eigenvalue weighted by atomic mass is 9.65. The van der Waals surface area contributed by atoms with Crippen LogP contribution in [-0.2, 0) is 9.53 Å². The molecule has 1 aromatic heterocycles. The van der Waals surface area contributed by atoms with Crippen LogP contribution in [0.4, 0.5) is 0 Å². The molecule has 3 aliphatic rings. The number of carbonyl (C=O) groups excluding carboxylic acids is 2. The van der Waals surface area contributed by atoms with Gasteiger partial charge in [-0.3, -0.25) is 9.59 Å². The van der Waals surface area contributed by atoms with Gasteiger partial charge in [0, 0.05) is 18.0 Å². The van der Waals surface area contributed by atoms with Crippen LogP contribution in [0.25, 0.3) is 0 Å². The lowest BCUT2D eigenvalue weighted by molar-refractivity contribution is -0.141. The van der Waals surface area contributed by atoms with E-state index in [9.17, 15) is 9.59 Å². The lowest BCUT2D eigenvalue weighted by Gasteiger charge is -2.39. The number of amides is 1. The second-order valence-electron chi connectivity index (χ2n) is 9.38. The highest BCUT2D eigenvalue weighted by Gasteiger charge is 2.53. The van der Waals surface area contributed by atoms with E-state index in [1.807, 2.05) is 24.3 Å². The Kier molecular flexibility index (Phi) is 6.34. The number of carbonyl (C=O) groups is 2.